The van der Waals surface area contributed by atoms with Crippen molar-refractivity contribution in [2.75, 3.05) is 39.0 Å². The maximum atomic E-state index is 4.55. The Bertz CT molecular complexity index is 634. The maximum absolute atomic E-state index is 4.55. The molecule has 2 heterocycles. The molecule has 1 aromatic carbocycles. The summed E-state index contributed by atoms with van der Waals surface area (Å²) in [7, 11) is 4.33. The molecule has 1 aliphatic heterocycles. The van der Waals surface area contributed by atoms with E-state index in [1.165, 1.54) is 5.56 Å². The second kappa shape index (κ2) is 7.81. The standard InChI is InChI=1S/C19H29N5/c1-15-9-19-21-12-17(14-24(19)22-15)11-20-13-18(23(2)3)10-16-7-5-4-6-8-16/h4-9,17-18,20-21H,10-14H2,1-3H3. The molecule has 1 aliphatic rings. The number of rotatable bonds is 7. The average molecular weight is 327 g/mol. The highest BCUT2D eigenvalue weighted by Gasteiger charge is 2.19. The minimum absolute atomic E-state index is 0.506. The van der Waals surface area contributed by atoms with Gasteiger partial charge >= 0.3 is 0 Å². The summed E-state index contributed by atoms with van der Waals surface area (Å²) in [5.41, 5.74) is 2.48. The predicted octanol–water partition coefficient (Wildman–Crippen LogP) is 2.00. The van der Waals surface area contributed by atoms with Crippen LogP contribution in [0, 0.1) is 12.8 Å². The fourth-order valence-corrected chi connectivity index (χ4v) is 3.30. The van der Waals surface area contributed by atoms with Crippen molar-refractivity contribution < 1.29 is 0 Å². The number of anilines is 1. The zero-order chi connectivity index (χ0) is 16.9. The van der Waals surface area contributed by atoms with E-state index in [4.69, 9.17) is 0 Å². The quantitative estimate of drug-likeness (QED) is 0.816. The van der Waals surface area contributed by atoms with Crippen molar-refractivity contribution in [2.45, 2.75) is 25.9 Å². The minimum Gasteiger partial charge on any atom is -0.370 e. The SMILES string of the molecule is Cc1cc2n(n1)CC(CNCC(Cc1ccccc1)N(C)C)CN2. The van der Waals surface area contributed by atoms with Crippen molar-refractivity contribution in [1.82, 2.24) is 20.0 Å². The van der Waals surface area contributed by atoms with Crippen molar-refractivity contribution in [1.29, 1.82) is 0 Å². The van der Waals surface area contributed by atoms with Gasteiger partial charge in [0.25, 0.3) is 0 Å². The van der Waals surface area contributed by atoms with Gasteiger partial charge in [-0.3, -0.25) is 0 Å². The first kappa shape index (κ1) is 17.0. The lowest BCUT2D eigenvalue weighted by Gasteiger charge is -2.28. The van der Waals surface area contributed by atoms with Gasteiger partial charge in [-0.15, -0.1) is 0 Å². The number of nitrogens with zero attached hydrogens (tertiary/aromatic N) is 3. The van der Waals surface area contributed by atoms with Crippen LogP contribution in [0.4, 0.5) is 5.82 Å². The van der Waals surface area contributed by atoms with E-state index in [2.05, 4.69) is 75.8 Å². The number of benzene rings is 1. The molecular weight excluding hydrogens is 298 g/mol. The molecule has 0 spiro atoms. The molecule has 0 amide bonds. The Morgan fingerprint density at radius 2 is 2.12 bits per heavy atom. The van der Waals surface area contributed by atoms with Gasteiger partial charge in [-0.25, -0.2) is 4.68 Å². The monoisotopic (exact) mass is 327 g/mol. The second-order valence-corrected chi connectivity index (χ2v) is 7.07. The highest BCUT2D eigenvalue weighted by molar-refractivity contribution is 5.38. The summed E-state index contributed by atoms with van der Waals surface area (Å²) in [6.07, 6.45) is 1.08. The Hall–Kier alpha value is -1.85. The third kappa shape index (κ3) is 4.36. The van der Waals surface area contributed by atoms with E-state index in [0.29, 0.717) is 12.0 Å². The largest absolute Gasteiger partial charge is 0.370 e. The van der Waals surface area contributed by atoms with Gasteiger partial charge in [-0.1, -0.05) is 30.3 Å². The van der Waals surface area contributed by atoms with Crippen LogP contribution in [0.5, 0.6) is 0 Å². The van der Waals surface area contributed by atoms with Crippen molar-refractivity contribution >= 4 is 5.82 Å². The minimum atomic E-state index is 0.506. The normalized spacial score (nSPS) is 18.2. The number of aryl methyl sites for hydroxylation is 1. The molecule has 1 aromatic heterocycles. The van der Waals surface area contributed by atoms with E-state index in [9.17, 15) is 0 Å². The van der Waals surface area contributed by atoms with E-state index >= 15 is 0 Å². The van der Waals surface area contributed by atoms with Crippen LogP contribution in [0.1, 0.15) is 11.3 Å². The molecule has 0 radical (unpaired) electrons. The summed E-state index contributed by atoms with van der Waals surface area (Å²) in [5.74, 6) is 1.73. The fraction of sp³-hybridized carbons (Fsp3) is 0.526. The summed E-state index contributed by atoms with van der Waals surface area (Å²) in [6, 6.07) is 13.4. The number of hydrogen-bond acceptors (Lipinski definition) is 4. The molecule has 2 N–H and O–H groups in total. The summed E-state index contributed by atoms with van der Waals surface area (Å²) >= 11 is 0. The number of fused-ring (bicyclic) bond motifs is 1. The van der Waals surface area contributed by atoms with Gasteiger partial charge in [0, 0.05) is 44.2 Å². The Morgan fingerprint density at radius 1 is 1.33 bits per heavy atom. The highest BCUT2D eigenvalue weighted by atomic mass is 15.3. The second-order valence-electron chi connectivity index (χ2n) is 7.07. The lowest BCUT2D eigenvalue weighted by atomic mass is 10.0. The van der Waals surface area contributed by atoms with Crippen LogP contribution >= 0.6 is 0 Å². The first-order valence-electron chi connectivity index (χ1n) is 8.81. The van der Waals surface area contributed by atoms with Crippen LogP contribution in [0.25, 0.3) is 0 Å². The van der Waals surface area contributed by atoms with Gasteiger partial charge in [0.2, 0.25) is 0 Å². The molecule has 130 valence electrons. The van der Waals surface area contributed by atoms with Crippen molar-refractivity contribution in [2.24, 2.45) is 5.92 Å². The van der Waals surface area contributed by atoms with Gasteiger partial charge in [0.1, 0.15) is 5.82 Å². The van der Waals surface area contributed by atoms with Crippen LogP contribution in [0.2, 0.25) is 0 Å². The third-order valence-electron chi connectivity index (χ3n) is 4.76. The first-order valence-corrected chi connectivity index (χ1v) is 8.81. The highest BCUT2D eigenvalue weighted by Crippen LogP contribution is 2.18. The summed E-state index contributed by atoms with van der Waals surface area (Å²) < 4.78 is 2.10. The summed E-state index contributed by atoms with van der Waals surface area (Å²) in [5, 5.41) is 11.7. The van der Waals surface area contributed by atoms with Crippen molar-refractivity contribution in [3.05, 3.63) is 47.7 Å². The van der Waals surface area contributed by atoms with Gasteiger partial charge in [0.05, 0.1) is 5.69 Å². The molecule has 24 heavy (non-hydrogen) atoms. The molecule has 0 aliphatic carbocycles. The van der Waals surface area contributed by atoms with Crippen LogP contribution in [-0.4, -0.2) is 54.5 Å². The summed E-state index contributed by atoms with van der Waals surface area (Å²) in [6.45, 7) is 6.08. The van der Waals surface area contributed by atoms with Crippen LogP contribution < -0.4 is 10.6 Å². The number of likely N-dealkylation sites (N-methyl/N-ethyl adjacent to an activating group) is 1. The maximum Gasteiger partial charge on any atom is 0.124 e. The Labute approximate surface area is 145 Å². The molecule has 2 atom stereocenters. The Balaban J connectivity index is 1.47. The molecule has 0 fully saturated rings. The van der Waals surface area contributed by atoms with Gasteiger partial charge in [0.15, 0.2) is 0 Å². The molecule has 2 unspecified atom stereocenters. The van der Waals surface area contributed by atoms with Crippen LogP contribution in [0.15, 0.2) is 36.4 Å². The van der Waals surface area contributed by atoms with Crippen molar-refractivity contribution in [3.63, 3.8) is 0 Å². The lowest BCUT2D eigenvalue weighted by Crippen LogP contribution is -2.43. The van der Waals surface area contributed by atoms with Crippen molar-refractivity contribution in [3.8, 4) is 0 Å². The fourth-order valence-electron chi connectivity index (χ4n) is 3.30. The zero-order valence-electron chi connectivity index (χ0n) is 15.0. The molecule has 0 saturated heterocycles. The summed E-state index contributed by atoms with van der Waals surface area (Å²) in [4.78, 5) is 2.31. The molecule has 3 rings (SSSR count). The number of nitrogens with one attached hydrogen (secondary N) is 2. The molecule has 0 bridgehead atoms. The first-order chi connectivity index (χ1) is 11.6. The van der Waals surface area contributed by atoms with E-state index in [0.717, 1.165) is 44.1 Å². The Morgan fingerprint density at radius 3 is 2.88 bits per heavy atom. The van der Waals surface area contributed by atoms with E-state index in [-0.39, 0.29) is 0 Å². The molecule has 0 saturated carbocycles. The molecule has 2 aromatic rings. The zero-order valence-corrected chi connectivity index (χ0v) is 15.0. The van der Waals surface area contributed by atoms with Crippen LogP contribution in [-0.2, 0) is 13.0 Å². The molecular formula is C19H29N5. The smallest absolute Gasteiger partial charge is 0.124 e. The van der Waals surface area contributed by atoms with E-state index in [1.807, 2.05) is 6.92 Å². The molecule has 5 heteroatoms. The predicted molar refractivity (Wildman–Crippen MR) is 99.4 cm³/mol. The molecule has 5 nitrogen and oxygen atoms in total. The van der Waals surface area contributed by atoms with Gasteiger partial charge in [-0.2, -0.15) is 5.10 Å². The topological polar surface area (TPSA) is 45.1 Å². The van der Waals surface area contributed by atoms with E-state index in [1.54, 1.807) is 0 Å². The van der Waals surface area contributed by atoms with Gasteiger partial charge < -0.3 is 15.5 Å². The number of hydrogen-bond donors (Lipinski definition) is 2. The lowest BCUT2D eigenvalue weighted by molar-refractivity contribution is 0.273. The van der Waals surface area contributed by atoms with E-state index < -0.39 is 0 Å². The van der Waals surface area contributed by atoms with Gasteiger partial charge in [-0.05, 0) is 33.0 Å². The average Bonchev–Trinajstić information content (AvgIpc) is 2.94. The number of aromatic nitrogens is 2. The third-order valence-corrected chi connectivity index (χ3v) is 4.76. The Kier molecular flexibility index (Phi) is 5.53. The van der Waals surface area contributed by atoms with Crippen LogP contribution in [0.3, 0.4) is 0 Å².